The number of thioether (sulfide) groups is 1. The van der Waals surface area contributed by atoms with Crippen LogP contribution in [-0.2, 0) is 11.3 Å². The third-order valence-electron chi connectivity index (χ3n) is 5.44. The topological polar surface area (TPSA) is 107 Å². The minimum Gasteiger partial charge on any atom is -0.497 e. The van der Waals surface area contributed by atoms with E-state index in [4.69, 9.17) is 9.47 Å². The smallest absolute Gasteiger partial charge is 0.251 e. The maximum Gasteiger partial charge on any atom is 0.251 e. The highest BCUT2D eigenvalue weighted by Crippen LogP contribution is 2.27. The van der Waals surface area contributed by atoms with E-state index in [1.54, 1.807) is 37.4 Å². The van der Waals surface area contributed by atoms with E-state index in [-0.39, 0.29) is 29.5 Å². The molecule has 2 N–H and O–H groups in total. The summed E-state index contributed by atoms with van der Waals surface area (Å²) in [5, 5.41) is 15.3. The first kappa shape index (κ1) is 27.1. The SMILES string of the molecule is CCOc1ccccc1NC(=O)CSc1nnc([C@@H](NC(=O)c2ccc(OC)cc2)C(C)C)n1CC. The summed E-state index contributed by atoms with van der Waals surface area (Å²) >= 11 is 1.30. The Hall–Kier alpha value is -3.53. The molecule has 0 radical (unpaired) electrons. The number of aromatic nitrogens is 3. The van der Waals surface area contributed by atoms with Crippen molar-refractivity contribution in [3.05, 3.63) is 59.9 Å². The molecule has 0 saturated carbocycles. The first-order chi connectivity index (χ1) is 17.4. The lowest BCUT2D eigenvalue weighted by molar-refractivity contribution is -0.113. The molecule has 2 amide bonds. The van der Waals surface area contributed by atoms with Gasteiger partial charge in [0.25, 0.3) is 5.91 Å². The van der Waals surface area contributed by atoms with Gasteiger partial charge in [0, 0.05) is 12.1 Å². The summed E-state index contributed by atoms with van der Waals surface area (Å²) in [5.41, 5.74) is 1.16. The zero-order chi connectivity index (χ0) is 26.1. The first-order valence-corrected chi connectivity index (χ1v) is 12.9. The Labute approximate surface area is 216 Å². The molecule has 9 nitrogen and oxygen atoms in total. The molecule has 0 fully saturated rings. The van der Waals surface area contributed by atoms with Crippen molar-refractivity contribution in [2.75, 3.05) is 24.8 Å². The van der Waals surface area contributed by atoms with Gasteiger partial charge >= 0.3 is 0 Å². The quantitative estimate of drug-likeness (QED) is 0.343. The Balaban J connectivity index is 1.70. The maximum absolute atomic E-state index is 12.9. The number of benzene rings is 2. The summed E-state index contributed by atoms with van der Waals surface area (Å²) in [5.74, 6) is 1.81. The average Bonchev–Trinajstić information content (AvgIpc) is 3.29. The van der Waals surface area contributed by atoms with Gasteiger partial charge in [-0.25, -0.2) is 0 Å². The lowest BCUT2D eigenvalue weighted by atomic mass is 10.0. The monoisotopic (exact) mass is 511 g/mol. The minimum atomic E-state index is -0.353. The van der Waals surface area contributed by atoms with Gasteiger partial charge in [0.1, 0.15) is 11.5 Å². The highest BCUT2D eigenvalue weighted by molar-refractivity contribution is 7.99. The fourth-order valence-corrected chi connectivity index (χ4v) is 4.41. The lowest BCUT2D eigenvalue weighted by Gasteiger charge is -2.22. The molecule has 3 rings (SSSR count). The van der Waals surface area contributed by atoms with Crippen molar-refractivity contribution in [1.82, 2.24) is 20.1 Å². The zero-order valence-electron chi connectivity index (χ0n) is 21.3. The molecule has 0 aliphatic heterocycles. The average molecular weight is 512 g/mol. The van der Waals surface area contributed by atoms with E-state index >= 15 is 0 Å². The van der Waals surface area contributed by atoms with Crippen LogP contribution in [0.1, 0.15) is 49.9 Å². The van der Waals surface area contributed by atoms with Crippen LogP contribution in [0.2, 0.25) is 0 Å². The molecule has 0 saturated heterocycles. The maximum atomic E-state index is 12.9. The molecule has 3 aromatic rings. The summed E-state index contributed by atoms with van der Waals surface area (Å²) < 4.78 is 12.7. The molecule has 36 heavy (non-hydrogen) atoms. The van der Waals surface area contributed by atoms with Gasteiger partial charge in [-0.15, -0.1) is 10.2 Å². The number of nitrogens with zero attached hydrogens (tertiary/aromatic N) is 3. The Morgan fingerprint density at radius 1 is 1.06 bits per heavy atom. The molecule has 0 bridgehead atoms. The van der Waals surface area contributed by atoms with Crippen molar-refractivity contribution >= 4 is 29.3 Å². The molecule has 1 heterocycles. The largest absolute Gasteiger partial charge is 0.497 e. The Kier molecular flexibility index (Phi) is 9.75. The van der Waals surface area contributed by atoms with E-state index in [0.29, 0.717) is 46.9 Å². The molecule has 2 aromatic carbocycles. The number of para-hydroxylation sites is 2. The molecule has 0 spiro atoms. The van der Waals surface area contributed by atoms with Gasteiger partial charge in [-0.05, 0) is 56.2 Å². The second-order valence-corrected chi connectivity index (χ2v) is 9.22. The van der Waals surface area contributed by atoms with Crippen LogP contribution in [0.4, 0.5) is 5.69 Å². The number of carbonyl (C=O) groups is 2. The second kappa shape index (κ2) is 13.0. The van der Waals surface area contributed by atoms with E-state index < -0.39 is 0 Å². The third-order valence-corrected chi connectivity index (χ3v) is 6.41. The van der Waals surface area contributed by atoms with Gasteiger partial charge in [-0.3, -0.25) is 9.59 Å². The van der Waals surface area contributed by atoms with Gasteiger partial charge in [0.2, 0.25) is 5.91 Å². The number of ether oxygens (including phenoxy) is 2. The second-order valence-electron chi connectivity index (χ2n) is 8.27. The summed E-state index contributed by atoms with van der Waals surface area (Å²) in [7, 11) is 1.58. The summed E-state index contributed by atoms with van der Waals surface area (Å²) in [4.78, 5) is 25.6. The molecule has 0 unspecified atom stereocenters. The Bertz CT molecular complexity index is 1160. The van der Waals surface area contributed by atoms with Gasteiger partial charge in [0.05, 0.1) is 31.2 Å². The molecule has 192 valence electrons. The van der Waals surface area contributed by atoms with Crippen LogP contribution in [0.25, 0.3) is 0 Å². The number of rotatable bonds is 12. The van der Waals surface area contributed by atoms with Crippen molar-refractivity contribution < 1.29 is 19.1 Å². The molecule has 10 heteroatoms. The van der Waals surface area contributed by atoms with Crippen LogP contribution in [0, 0.1) is 5.92 Å². The summed E-state index contributed by atoms with van der Waals surface area (Å²) in [6, 6.07) is 13.9. The van der Waals surface area contributed by atoms with Crippen LogP contribution in [0.15, 0.2) is 53.7 Å². The van der Waals surface area contributed by atoms with E-state index in [0.717, 1.165) is 0 Å². The van der Waals surface area contributed by atoms with Crippen LogP contribution >= 0.6 is 11.8 Å². The van der Waals surface area contributed by atoms with Crippen molar-refractivity contribution in [2.45, 2.75) is 45.4 Å². The van der Waals surface area contributed by atoms with Crippen molar-refractivity contribution in [3.8, 4) is 11.5 Å². The van der Waals surface area contributed by atoms with Gasteiger partial charge in [-0.1, -0.05) is 37.7 Å². The number of anilines is 1. The van der Waals surface area contributed by atoms with E-state index in [9.17, 15) is 9.59 Å². The fourth-order valence-electron chi connectivity index (χ4n) is 3.60. The van der Waals surface area contributed by atoms with E-state index in [1.165, 1.54) is 11.8 Å². The number of nitrogens with one attached hydrogen (secondary N) is 2. The fraction of sp³-hybridized carbons (Fsp3) is 0.385. The number of amides is 2. The molecule has 1 aromatic heterocycles. The Morgan fingerprint density at radius 2 is 1.78 bits per heavy atom. The molecular formula is C26H33N5O4S. The van der Waals surface area contributed by atoms with Crippen LogP contribution in [0.3, 0.4) is 0 Å². The first-order valence-electron chi connectivity index (χ1n) is 11.9. The predicted molar refractivity (Wildman–Crippen MR) is 141 cm³/mol. The minimum absolute atomic E-state index is 0.0675. The predicted octanol–water partition coefficient (Wildman–Crippen LogP) is 4.56. The molecule has 0 aliphatic carbocycles. The van der Waals surface area contributed by atoms with E-state index in [1.807, 2.05) is 50.5 Å². The third kappa shape index (κ3) is 6.78. The highest BCUT2D eigenvalue weighted by Gasteiger charge is 2.26. The van der Waals surface area contributed by atoms with Crippen LogP contribution in [-0.4, -0.2) is 46.0 Å². The lowest BCUT2D eigenvalue weighted by Crippen LogP contribution is -2.33. The normalized spacial score (nSPS) is 11.7. The summed E-state index contributed by atoms with van der Waals surface area (Å²) in [6.45, 7) is 9.02. The van der Waals surface area contributed by atoms with E-state index in [2.05, 4.69) is 20.8 Å². The van der Waals surface area contributed by atoms with Crippen LogP contribution < -0.4 is 20.1 Å². The number of hydrogen-bond donors (Lipinski definition) is 2. The van der Waals surface area contributed by atoms with Crippen molar-refractivity contribution in [2.24, 2.45) is 5.92 Å². The van der Waals surface area contributed by atoms with Gasteiger partial charge in [-0.2, -0.15) is 0 Å². The van der Waals surface area contributed by atoms with Crippen molar-refractivity contribution in [1.29, 1.82) is 0 Å². The summed E-state index contributed by atoms with van der Waals surface area (Å²) in [6.07, 6.45) is 0. The number of carbonyl (C=O) groups excluding carboxylic acids is 2. The van der Waals surface area contributed by atoms with Crippen molar-refractivity contribution in [3.63, 3.8) is 0 Å². The van der Waals surface area contributed by atoms with Crippen LogP contribution in [0.5, 0.6) is 11.5 Å². The Morgan fingerprint density at radius 3 is 2.42 bits per heavy atom. The highest BCUT2D eigenvalue weighted by atomic mass is 32.2. The molecule has 0 aliphatic rings. The number of hydrogen-bond acceptors (Lipinski definition) is 7. The van der Waals surface area contributed by atoms with Gasteiger partial charge < -0.3 is 24.7 Å². The zero-order valence-corrected chi connectivity index (χ0v) is 22.1. The number of methoxy groups -OCH3 is 1. The van der Waals surface area contributed by atoms with Gasteiger partial charge in [0.15, 0.2) is 11.0 Å². The molecular weight excluding hydrogens is 478 g/mol. The molecule has 1 atom stereocenters. The standard InChI is InChI=1S/C26H33N5O4S/c1-6-31-24(23(17(3)4)28-25(33)18-12-14-19(34-5)15-13-18)29-30-26(31)36-16-22(32)27-20-10-8-9-11-21(20)35-7-2/h8-15,17,23H,6-7,16H2,1-5H3,(H,27,32)(H,28,33)/t23-/m0/s1.